The van der Waals surface area contributed by atoms with Crippen molar-refractivity contribution in [3.05, 3.63) is 52.6 Å². The molecule has 0 fully saturated rings. The Labute approximate surface area is 169 Å². The minimum Gasteiger partial charge on any atom is -0.462 e. The van der Waals surface area contributed by atoms with Crippen LogP contribution in [0.2, 0.25) is 5.02 Å². The summed E-state index contributed by atoms with van der Waals surface area (Å²) in [5, 5.41) is 6.35. The van der Waals surface area contributed by atoms with Crippen LogP contribution < -0.4 is 5.32 Å². The van der Waals surface area contributed by atoms with Gasteiger partial charge in [-0.05, 0) is 24.6 Å². The molecule has 0 radical (unpaired) electrons. The number of halogens is 1. The van der Waals surface area contributed by atoms with Crippen LogP contribution in [0.4, 0.5) is 5.00 Å². The summed E-state index contributed by atoms with van der Waals surface area (Å²) in [6, 6.07) is 7.15. The highest BCUT2D eigenvalue weighted by Crippen LogP contribution is 2.36. The number of ether oxygens (including phenoxy) is 1. The normalized spacial score (nSPS) is 10.6. The summed E-state index contributed by atoms with van der Waals surface area (Å²) in [6.45, 7) is 1.99. The summed E-state index contributed by atoms with van der Waals surface area (Å²) in [6.07, 6.45) is 3.31. The zero-order valence-electron chi connectivity index (χ0n) is 14.3. The van der Waals surface area contributed by atoms with E-state index in [4.69, 9.17) is 16.3 Å². The molecule has 0 unspecified atom stereocenters. The van der Waals surface area contributed by atoms with E-state index in [1.807, 2.05) is 17.5 Å². The smallest absolute Gasteiger partial charge is 0.341 e. The second kappa shape index (κ2) is 9.07. The van der Waals surface area contributed by atoms with Gasteiger partial charge in [-0.3, -0.25) is 4.79 Å². The van der Waals surface area contributed by atoms with Gasteiger partial charge in [-0.1, -0.05) is 35.5 Å². The van der Waals surface area contributed by atoms with Crippen molar-refractivity contribution in [3.63, 3.8) is 0 Å². The molecule has 3 aromatic rings. The number of imidazole rings is 1. The van der Waals surface area contributed by atoms with Crippen molar-refractivity contribution in [2.75, 3.05) is 17.7 Å². The van der Waals surface area contributed by atoms with E-state index < -0.39 is 5.97 Å². The molecule has 0 saturated carbocycles. The van der Waals surface area contributed by atoms with Gasteiger partial charge in [0.1, 0.15) is 10.6 Å². The molecule has 0 saturated heterocycles. The van der Waals surface area contributed by atoms with Crippen molar-refractivity contribution in [3.8, 4) is 11.1 Å². The number of anilines is 1. The van der Waals surface area contributed by atoms with E-state index in [9.17, 15) is 9.59 Å². The Kier molecular flexibility index (Phi) is 6.54. The molecule has 0 bridgehead atoms. The van der Waals surface area contributed by atoms with Crippen molar-refractivity contribution in [2.45, 2.75) is 12.1 Å². The van der Waals surface area contributed by atoms with Crippen molar-refractivity contribution in [1.82, 2.24) is 9.97 Å². The van der Waals surface area contributed by atoms with E-state index in [0.717, 1.165) is 5.56 Å². The summed E-state index contributed by atoms with van der Waals surface area (Å²) in [4.78, 5) is 31.8. The summed E-state index contributed by atoms with van der Waals surface area (Å²) in [5.74, 6) is -0.534. The predicted molar refractivity (Wildman–Crippen MR) is 109 cm³/mol. The van der Waals surface area contributed by atoms with Gasteiger partial charge in [0.15, 0.2) is 5.16 Å². The van der Waals surface area contributed by atoms with E-state index >= 15 is 0 Å². The molecule has 9 heteroatoms. The molecule has 27 heavy (non-hydrogen) atoms. The number of hydrogen-bond donors (Lipinski definition) is 2. The number of benzene rings is 1. The zero-order chi connectivity index (χ0) is 19.2. The van der Waals surface area contributed by atoms with E-state index in [2.05, 4.69) is 15.3 Å². The summed E-state index contributed by atoms with van der Waals surface area (Å²) >= 11 is 8.51. The molecule has 0 atom stereocenters. The van der Waals surface area contributed by atoms with Gasteiger partial charge in [0, 0.05) is 28.4 Å². The minimum atomic E-state index is -0.474. The highest BCUT2D eigenvalue weighted by Gasteiger charge is 2.22. The van der Waals surface area contributed by atoms with Crippen molar-refractivity contribution < 1.29 is 14.3 Å². The number of carbonyl (C=O) groups is 2. The van der Waals surface area contributed by atoms with Crippen LogP contribution in [0.1, 0.15) is 17.3 Å². The van der Waals surface area contributed by atoms with Crippen LogP contribution in [0.15, 0.2) is 47.2 Å². The first-order valence-corrected chi connectivity index (χ1v) is 10.3. The standard InChI is InChI=1S/C18H16ClN3O3S2/c1-2-25-17(24)15-13(11-3-5-12(19)6-4-11)9-26-16(15)22-14(23)10-27-18-20-7-8-21-18/h3-9H,2,10H2,1H3,(H,20,21)(H,22,23). The van der Waals surface area contributed by atoms with Crippen molar-refractivity contribution in [2.24, 2.45) is 0 Å². The lowest BCUT2D eigenvalue weighted by atomic mass is 10.0. The number of aromatic amines is 1. The molecule has 1 amide bonds. The number of hydrogen-bond acceptors (Lipinski definition) is 6. The van der Waals surface area contributed by atoms with E-state index in [1.54, 1.807) is 31.5 Å². The highest BCUT2D eigenvalue weighted by molar-refractivity contribution is 7.99. The van der Waals surface area contributed by atoms with E-state index in [1.165, 1.54) is 23.1 Å². The van der Waals surface area contributed by atoms with E-state index in [0.29, 0.717) is 26.3 Å². The quantitative estimate of drug-likeness (QED) is 0.426. The van der Waals surface area contributed by atoms with Crippen LogP contribution in [0.5, 0.6) is 0 Å². The third kappa shape index (κ3) is 4.91. The first kappa shape index (κ1) is 19.5. The zero-order valence-corrected chi connectivity index (χ0v) is 16.7. The molecule has 6 nitrogen and oxygen atoms in total. The Morgan fingerprint density at radius 1 is 1.33 bits per heavy atom. The second-order valence-electron chi connectivity index (χ2n) is 5.31. The van der Waals surface area contributed by atoms with Crippen LogP contribution >= 0.6 is 34.7 Å². The molecule has 0 aliphatic rings. The maximum Gasteiger partial charge on any atom is 0.341 e. The maximum atomic E-state index is 12.5. The first-order chi connectivity index (χ1) is 13.1. The molecule has 2 aromatic heterocycles. The number of nitrogens with one attached hydrogen (secondary N) is 2. The van der Waals surface area contributed by atoms with Crippen molar-refractivity contribution >= 4 is 51.6 Å². The molecule has 2 N–H and O–H groups in total. The minimum absolute atomic E-state index is 0.171. The number of amides is 1. The van der Waals surface area contributed by atoms with Crippen LogP contribution in [0, 0.1) is 0 Å². The Morgan fingerprint density at radius 2 is 2.11 bits per heavy atom. The second-order valence-corrected chi connectivity index (χ2v) is 7.59. The van der Waals surface area contributed by atoms with Gasteiger partial charge < -0.3 is 15.0 Å². The third-order valence-electron chi connectivity index (χ3n) is 3.49. The number of thiophene rings is 1. The molecule has 0 aliphatic carbocycles. The number of aromatic nitrogens is 2. The lowest BCUT2D eigenvalue weighted by molar-refractivity contribution is -0.113. The number of H-pyrrole nitrogens is 1. The highest BCUT2D eigenvalue weighted by atomic mass is 35.5. The van der Waals surface area contributed by atoms with Gasteiger partial charge >= 0.3 is 5.97 Å². The van der Waals surface area contributed by atoms with Crippen LogP contribution in [0.25, 0.3) is 11.1 Å². The fourth-order valence-corrected chi connectivity index (χ4v) is 4.05. The van der Waals surface area contributed by atoms with Crippen molar-refractivity contribution in [1.29, 1.82) is 0 Å². The van der Waals surface area contributed by atoms with Gasteiger partial charge in [0.05, 0.1) is 12.4 Å². The van der Waals surface area contributed by atoms with Gasteiger partial charge in [0.2, 0.25) is 5.91 Å². The topological polar surface area (TPSA) is 84.1 Å². The number of carbonyl (C=O) groups excluding carboxylic acids is 2. The van der Waals surface area contributed by atoms with Gasteiger partial charge in [-0.15, -0.1) is 11.3 Å². The fourth-order valence-electron chi connectivity index (χ4n) is 2.32. The molecule has 140 valence electrons. The SMILES string of the molecule is CCOC(=O)c1c(-c2ccc(Cl)cc2)csc1NC(=O)CSc1ncc[nH]1. The van der Waals surface area contributed by atoms with Gasteiger partial charge in [0.25, 0.3) is 0 Å². The van der Waals surface area contributed by atoms with Crippen LogP contribution in [-0.2, 0) is 9.53 Å². The number of rotatable bonds is 7. The Hall–Kier alpha value is -2.29. The largest absolute Gasteiger partial charge is 0.462 e. The summed E-state index contributed by atoms with van der Waals surface area (Å²) < 4.78 is 5.18. The molecule has 1 aromatic carbocycles. The average Bonchev–Trinajstić information content (AvgIpc) is 3.31. The molecular formula is C18H16ClN3O3S2. The maximum absolute atomic E-state index is 12.5. The first-order valence-electron chi connectivity index (χ1n) is 8.05. The van der Waals surface area contributed by atoms with E-state index in [-0.39, 0.29) is 18.3 Å². The predicted octanol–water partition coefficient (Wildman–Crippen LogP) is 4.70. The summed E-state index contributed by atoms with van der Waals surface area (Å²) in [5.41, 5.74) is 1.87. The van der Waals surface area contributed by atoms with Gasteiger partial charge in [-0.25, -0.2) is 9.78 Å². The summed E-state index contributed by atoms with van der Waals surface area (Å²) in [7, 11) is 0. The van der Waals surface area contributed by atoms with Crippen LogP contribution in [0.3, 0.4) is 0 Å². The number of thioether (sulfide) groups is 1. The molecule has 3 rings (SSSR count). The lowest BCUT2D eigenvalue weighted by Crippen LogP contribution is -2.16. The lowest BCUT2D eigenvalue weighted by Gasteiger charge is -2.08. The average molecular weight is 422 g/mol. The Bertz CT molecular complexity index is 924. The third-order valence-corrected chi connectivity index (χ3v) is 5.54. The molecule has 0 spiro atoms. The Balaban J connectivity index is 1.82. The monoisotopic (exact) mass is 421 g/mol. The Morgan fingerprint density at radius 3 is 2.78 bits per heavy atom. The molecule has 2 heterocycles. The number of esters is 1. The number of nitrogens with zero attached hydrogens (tertiary/aromatic N) is 1. The molecular weight excluding hydrogens is 406 g/mol. The molecule has 0 aliphatic heterocycles. The van der Waals surface area contributed by atoms with Crippen LogP contribution in [-0.4, -0.2) is 34.2 Å². The fraction of sp³-hybridized carbons (Fsp3) is 0.167. The van der Waals surface area contributed by atoms with Gasteiger partial charge in [-0.2, -0.15) is 0 Å².